The van der Waals surface area contributed by atoms with Gasteiger partial charge in [-0.2, -0.15) is 13.2 Å². The van der Waals surface area contributed by atoms with Crippen LogP contribution in [0.2, 0.25) is 0 Å². The van der Waals surface area contributed by atoms with Crippen LogP contribution in [-0.4, -0.2) is 10.7 Å². The van der Waals surface area contributed by atoms with Crippen molar-refractivity contribution in [2.24, 2.45) is 0 Å². The van der Waals surface area contributed by atoms with Crippen LogP contribution in [0.1, 0.15) is 0 Å². The highest BCUT2D eigenvalue weighted by Crippen LogP contribution is 2.41. The lowest BCUT2D eigenvalue weighted by atomic mass is 10.3. The fourth-order valence-electron chi connectivity index (χ4n) is 0.694. The summed E-state index contributed by atoms with van der Waals surface area (Å²) >= 11 is 9.20. The molecule has 0 aliphatic carbocycles. The summed E-state index contributed by atoms with van der Waals surface area (Å²) in [6.07, 6.45) is -4.29. The molecule has 0 aliphatic rings. The number of hydrogen-bond donors (Lipinski definition) is 0. The highest BCUT2D eigenvalue weighted by Gasteiger charge is 2.56. The van der Waals surface area contributed by atoms with Crippen molar-refractivity contribution in [3.8, 4) is 5.75 Å². The molecule has 0 atom stereocenters. The standard InChI is InChI=1S/C8H5Cl2F3O/c9-7(10,11)8(12,13)14-6-4-2-1-3-5-6/h1-5H. The number of alkyl halides is 5. The van der Waals surface area contributed by atoms with Crippen LogP contribution in [0.25, 0.3) is 0 Å². The van der Waals surface area contributed by atoms with E-state index in [1.54, 1.807) is 6.07 Å². The maximum atomic E-state index is 12.8. The van der Waals surface area contributed by atoms with Crippen molar-refractivity contribution in [1.29, 1.82) is 0 Å². The highest BCUT2D eigenvalue weighted by atomic mass is 35.5. The Hall–Kier alpha value is -0.610. The lowest BCUT2D eigenvalue weighted by molar-refractivity contribution is -0.211. The van der Waals surface area contributed by atoms with Gasteiger partial charge in [0.05, 0.1) is 0 Å². The zero-order valence-electron chi connectivity index (χ0n) is 6.68. The third kappa shape index (κ3) is 2.69. The summed E-state index contributed by atoms with van der Waals surface area (Å²) in [5.74, 6) is -0.221. The van der Waals surface area contributed by atoms with Crippen molar-refractivity contribution in [3.63, 3.8) is 0 Å². The number of hydrogen-bond acceptors (Lipinski definition) is 1. The fourth-order valence-corrected chi connectivity index (χ4v) is 0.772. The molecule has 78 valence electrons. The molecule has 0 spiro atoms. The van der Waals surface area contributed by atoms with E-state index in [0.29, 0.717) is 0 Å². The first-order valence-corrected chi connectivity index (χ1v) is 4.27. The third-order valence-electron chi connectivity index (χ3n) is 1.32. The van der Waals surface area contributed by atoms with Gasteiger partial charge in [0.25, 0.3) is 0 Å². The molecule has 0 aliphatic heterocycles. The number of benzene rings is 1. The van der Waals surface area contributed by atoms with Crippen LogP contribution in [0, 0.1) is 0 Å². The number of rotatable bonds is 3. The second-order valence-corrected chi connectivity index (χ2v) is 3.66. The van der Waals surface area contributed by atoms with Gasteiger partial charge in [0.2, 0.25) is 0 Å². The second kappa shape index (κ2) is 3.87. The van der Waals surface area contributed by atoms with Crippen molar-refractivity contribution in [1.82, 2.24) is 0 Å². The van der Waals surface area contributed by atoms with Crippen molar-refractivity contribution in [2.45, 2.75) is 10.7 Å². The summed E-state index contributed by atoms with van der Waals surface area (Å²) in [5, 5.41) is 0. The Morgan fingerprint density at radius 2 is 1.50 bits per heavy atom. The highest BCUT2D eigenvalue weighted by molar-refractivity contribution is 6.47. The summed E-state index contributed by atoms with van der Waals surface area (Å²) in [7, 11) is 0. The average molecular weight is 245 g/mol. The first kappa shape index (κ1) is 11.5. The molecule has 0 saturated heterocycles. The zero-order valence-corrected chi connectivity index (χ0v) is 8.20. The van der Waals surface area contributed by atoms with Gasteiger partial charge in [-0.05, 0) is 12.1 Å². The van der Waals surface area contributed by atoms with Gasteiger partial charge in [0.15, 0.2) is 0 Å². The van der Waals surface area contributed by atoms with Gasteiger partial charge >= 0.3 is 10.7 Å². The number of ether oxygens (including phenoxy) is 1. The molecule has 0 unspecified atom stereocenters. The van der Waals surface area contributed by atoms with Gasteiger partial charge < -0.3 is 4.74 Å². The molecule has 0 aromatic heterocycles. The van der Waals surface area contributed by atoms with Gasteiger partial charge in [-0.15, -0.1) is 0 Å². The van der Waals surface area contributed by atoms with Crippen molar-refractivity contribution in [3.05, 3.63) is 30.3 Å². The maximum absolute atomic E-state index is 12.8. The zero-order chi connectivity index (χ0) is 10.8. The SMILES string of the molecule is FC(Cl)(Cl)C(F)(F)Oc1ccccc1. The van der Waals surface area contributed by atoms with Gasteiger partial charge in [0.1, 0.15) is 5.75 Å². The molecule has 1 rings (SSSR count). The largest absolute Gasteiger partial charge is 0.463 e. The minimum Gasteiger partial charge on any atom is -0.428 e. The molecule has 6 heteroatoms. The van der Waals surface area contributed by atoms with E-state index in [-0.39, 0.29) is 5.75 Å². The molecule has 0 amide bonds. The fraction of sp³-hybridized carbons (Fsp3) is 0.250. The van der Waals surface area contributed by atoms with Gasteiger partial charge in [0, 0.05) is 0 Å². The summed E-state index contributed by atoms with van der Waals surface area (Å²) in [4.78, 5) is 0. The smallest absolute Gasteiger partial charge is 0.428 e. The van der Waals surface area contributed by atoms with E-state index in [0.717, 1.165) is 0 Å². The molecule has 0 heterocycles. The van der Waals surface area contributed by atoms with E-state index >= 15 is 0 Å². The minimum absolute atomic E-state index is 0.221. The molecule has 14 heavy (non-hydrogen) atoms. The summed E-state index contributed by atoms with van der Waals surface area (Å²) in [5.41, 5.74) is 0. The van der Waals surface area contributed by atoms with E-state index in [9.17, 15) is 13.2 Å². The molecule has 1 nitrogen and oxygen atoms in total. The molecule has 1 aromatic rings. The molecular weight excluding hydrogens is 240 g/mol. The molecular formula is C8H5Cl2F3O. The molecule has 0 fully saturated rings. The van der Waals surface area contributed by atoms with Crippen molar-refractivity contribution < 1.29 is 17.9 Å². The molecule has 1 aromatic carbocycles. The predicted molar refractivity (Wildman–Crippen MR) is 47.6 cm³/mol. The normalized spacial score (nSPS) is 12.6. The lowest BCUT2D eigenvalue weighted by Crippen LogP contribution is -2.40. The Balaban J connectivity index is 2.79. The van der Waals surface area contributed by atoms with Crippen LogP contribution >= 0.6 is 23.2 Å². The third-order valence-corrected chi connectivity index (χ3v) is 1.76. The second-order valence-electron chi connectivity index (χ2n) is 2.43. The van der Waals surface area contributed by atoms with E-state index in [1.165, 1.54) is 24.3 Å². The van der Waals surface area contributed by atoms with Crippen molar-refractivity contribution in [2.75, 3.05) is 0 Å². The molecule has 0 saturated carbocycles. The summed E-state index contributed by atoms with van der Waals surface area (Å²) in [6, 6.07) is 6.96. The first-order valence-electron chi connectivity index (χ1n) is 3.51. The number of para-hydroxylation sites is 1. The molecule has 0 radical (unpaired) electrons. The van der Waals surface area contributed by atoms with Gasteiger partial charge in [-0.25, -0.2) is 0 Å². The predicted octanol–water partition coefficient (Wildman–Crippen LogP) is 3.76. The van der Waals surface area contributed by atoms with Crippen LogP contribution < -0.4 is 4.74 Å². The van der Waals surface area contributed by atoms with E-state index < -0.39 is 10.7 Å². The lowest BCUT2D eigenvalue weighted by Gasteiger charge is -2.22. The Kier molecular flexibility index (Phi) is 3.17. The minimum atomic E-state index is -4.29. The summed E-state index contributed by atoms with van der Waals surface area (Å²) in [6.45, 7) is 0. The topological polar surface area (TPSA) is 9.23 Å². The van der Waals surface area contributed by atoms with E-state index in [4.69, 9.17) is 0 Å². The number of halogens is 5. The molecule has 0 bridgehead atoms. The van der Waals surface area contributed by atoms with Crippen LogP contribution in [0.3, 0.4) is 0 Å². The Bertz CT molecular complexity index is 297. The maximum Gasteiger partial charge on any atom is 0.463 e. The van der Waals surface area contributed by atoms with Crippen LogP contribution in [0.4, 0.5) is 13.2 Å². The Morgan fingerprint density at radius 3 is 1.93 bits per heavy atom. The van der Waals surface area contributed by atoms with Crippen LogP contribution in [-0.2, 0) is 0 Å². The average Bonchev–Trinajstić information content (AvgIpc) is 2.03. The van der Waals surface area contributed by atoms with Crippen LogP contribution in [0.5, 0.6) is 5.75 Å². The molecule has 0 N–H and O–H groups in total. The van der Waals surface area contributed by atoms with E-state index in [2.05, 4.69) is 27.9 Å². The quantitative estimate of drug-likeness (QED) is 0.736. The van der Waals surface area contributed by atoms with Crippen molar-refractivity contribution >= 4 is 23.2 Å². The van der Waals surface area contributed by atoms with Gasteiger partial charge in [-0.3, -0.25) is 0 Å². The Morgan fingerprint density at radius 1 is 1.00 bits per heavy atom. The summed E-state index contributed by atoms with van der Waals surface area (Å²) < 4.78 is 38.3. The first-order chi connectivity index (χ1) is 6.33. The van der Waals surface area contributed by atoms with E-state index in [1.807, 2.05) is 0 Å². The van der Waals surface area contributed by atoms with Crippen LogP contribution in [0.15, 0.2) is 30.3 Å². The Labute approximate surface area is 88.4 Å². The monoisotopic (exact) mass is 244 g/mol. The van der Waals surface area contributed by atoms with Gasteiger partial charge in [-0.1, -0.05) is 41.4 Å².